The first-order valence-corrected chi connectivity index (χ1v) is 6.37. The molecule has 1 aromatic heterocycles. The van der Waals surface area contributed by atoms with E-state index in [2.05, 4.69) is 5.10 Å². The van der Waals surface area contributed by atoms with Crippen LogP contribution in [0.1, 0.15) is 11.1 Å². The molecule has 0 aliphatic rings. The zero-order valence-corrected chi connectivity index (χ0v) is 11.7. The maximum absolute atomic E-state index is 12.5. The Labute approximate surface area is 124 Å². The minimum absolute atomic E-state index is 0.106. The maximum atomic E-state index is 12.5. The molecule has 0 amide bonds. The molecule has 1 aromatic carbocycles. The highest BCUT2D eigenvalue weighted by Crippen LogP contribution is 2.29. The van der Waals surface area contributed by atoms with Crippen molar-refractivity contribution in [3.63, 3.8) is 0 Å². The van der Waals surface area contributed by atoms with E-state index in [0.29, 0.717) is 12.2 Å². The Morgan fingerprint density at radius 2 is 1.95 bits per heavy atom. The molecule has 0 aliphatic carbocycles. The molecule has 22 heavy (non-hydrogen) atoms. The smallest absolute Gasteiger partial charge is 0.416 e. The molecule has 0 aliphatic heterocycles. The maximum Gasteiger partial charge on any atom is 0.416 e. The first-order chi connectivity index (χ1) is 10.3. The molecule has 118 valence electrons. The molecule has 0 saturated heterocycles. The summed E-state index contributed by atoms with van der Waals surface area (Å²) >= 11 is 0. The SMILES string of the molecule is CN(CC(=O)O)Cc1cnn(-c2ccc(C(F)(F)F)cc2)c1. The molecule has 8 heteroatoms. The third kappa shape index (κ3) is 4.08. The van der Waals surface area contributed by atoms with Crippen molar-refractivity contribution in [1.29, 1.82) is 0 Å². The molecule has 2 rings (SSSR count). The lowest BCUT2D eigenvalue weighted by molar-refractivity contribution is -0.138. The lowest BCUT2D eigenvalue weighted by atomic mass is 10.2. The second-order valence-corrected chi connectivity index (χ2v) is 4.90. The van der Waals surface area contributed by atoms with Crippen molar-refractivity contribution in [1.82, 2.24) is 14.7 Å². The third-order valence-corrected chi connectivity index (χ3v) is 2.95. The Bertz CT molecular complexity index is 650. The van der Waals surface area contributed by atoms with E-state index in [1.54, 1.807) is 24.3 Å². The van der Waals surface area contributed by atoms with E-state index in [1.807, 2.05) is 0 Å². The van der Waals surface area contributed by atoms with Crippen LogP contribution < -0.4 is 0 Å². The van der Waals surface area contributed by atoms with Gasteiger partial charge in [0.05, 0.1) is 24.0 Å². The highest BCUT2D eigenvalue weighted by molar-refractivity contribution is 5.69. The van der Waals surface area contributed by atoms with E-state index in [9.17, 15) is 18.0 Å². The number of carbonyl (C=O) groups is 1. The molecule has 2 aromatic rings. The molecular weight excluding hydrogens is 299 g/mol. The fourth-order valence-electron chi connectivity index (χ4n) is 1.98. The number of benzene rings is 1. The van der Waals surface area contributed by atoms with Crippen LogP contribution in [-0.4, -0.2) is 39.3 Å². The molecule has 0 bridgehead atoms. The highest BCUT2D eigenvalue weighted by Gasteiger charge is 2.30. The van der Waals surface area contributed by atoms with Crippen molar-refractivity contribution < 1.29 is 23.1 Å². The van der Waals surface area contributed by atoms with E-state index in [-0.39, 0.29) is 6.54 Å². The largest absolute Gasteiger partial charge is 0.480 e. The van der Waals surface area contributed by atoms with E-state index in [4.69, 9.17) is 5.11 Å². The standard InChI is InChI=1S/C14H14F3N3O2/c1-19(9-13(21)22)7-10-6-18-20(8-10)12-4-2-11(3-5-12)14(15,16)17/h2-6,8H,7,9H2,1H3,(H,21,22). The number of hydrogen-bond acceptors (Lipinski definition) is 3. The monoisotopic (exact) mass is 313 g/mol. The molecule has 1 heterocycles. The van der Waals surface area contributed by atoms with Gasteiger partial charge in [0, 0.05) is 18.3 Å². The minimum atomic E-state index is -4.37. The van der Waals surface area contributed by atoms with E-state index in [1.165, 1.54) is 16.8 Å². The summed E-state index contributed by atoms with van der Waals surface area (Å²) in [6.45, 7) is 0.276. The van der Waals surface area contributed by atoms with E-state index in [0.717, 1.165) is 17.7 Å². The van der Waals surface area contributed by atoms with Crippen LogP contribution >= 0.6 is 0 Å². The van der Waals surface area contributed by atoms with Crippen LogP contribution in [0.4, 0.5) is 13.2 Å². The van der Waals surface area contributed by atoms with Crippen LogP contribution in [0.2, 0.25) is 0 Å². The predicted molar refractivity (Wildman–Crippen MR) is 72.5 cm³/mol. The molecule has 5 nitrogen and oxygen atoms in total. The second-order valence-electron chi connectivity index (χ2n) is 4.90. The molecule has 0 atom stereocenters. The number of hydrogen-bond donors (Lipinski definition) is 1. The van der Waals surface area contributed by atoms with Crippen LogP contribution in [0, 0.1) is 0 Å². The van der Waals surface area contributed by atoms with Gasteiger partial charge in [0.1, 0.15) is 0 Å². The summed E-state index contributed by atoms with van der Waals surface area (Å²) in [6.07, 6.45) is -1.16. The van der Waals surface area contributed by atoms with Crippen LogP contribution in [-0.2, 0) is 17.5 Å². The summed E-state index contributed by atoms with van der Waals surface area (Å²) in [5.41, 5.74) is 0.550. The Kier molecular flexibility index (Phi) is 4.51. The fourth-order valence-corrected chi connectivity index (χ4v) is 1.98. The minimum Gasteiger partial charge on any atom is -0.480 e. The van der Waals surface area contributed by atoms with Gasteiger partial charge in [0.2, 0.25) is 0 Å². The number of carboxylic acid groups (broad SMARTS) is 1. The number of carboxylic acids is 1. The second kappa shape index (κ2) is 6.18. The Morgan fingerprint density at radius 3 is 2.50 bits per heavy atom. The molecular formula is C14H14F3N3O2. The van der Waals surface area contributed by atoms with E-state index >= 15 is 0 Å². The van der Waals surface area contributed by atoms with Crippen LogP contribution in [0.25, 0.3) is 5.69 Å². The number of halogens is 3. The van der Waals surface area contributed by atoms with Gasteiger partial charge < -0.3 is 5.11 Å². The van der Waals surface area contributed by atoms with Crippen molar-refractivity contribution in [2.45, 2.75) is 12.7 Å². The topological polar surface area (TPSA) is 58.4 Å². The van der Waals surface area contributed by atoms with Gasteiger partial charge in [-0.15, -0.1) is 0 Å². The first-order valence-electron chi connectivity index (χ1n) is 6.37. The molecule has 1 N–H and O–H groups in total. The van der Waals surface area contributed by atoms with E-state index < -0.39 is 17.7 Å². The quantitative estimate of drug-likeness (QED) is 0.921. The number of rotatable bonds is 5. The van der Waals surface area contributed by atoms with Gasteiger partial charge in [-0.2, -0.15) is 18.3 Å². The average Bonchev–Trinajstić information content (AvgIpc) is 2.85. The van der Waals surface area contributed by atoms with Gasteiger partial charge in [-0.05, 0) is 31.3 Å². The van der Waals surface area contributed by atoms with Gasteiger partial charge in [-0.1, -0.05) is 0 Å². The van der Waals surface area contributed by atoms with Gasteiger partial charge in [-0.3, -0.25) is 9.69 Å². The predicted octanol–water partition coefficient (Wildman–Crippen LogP) is 2.41. The van der Waals surface area contributed by atoms with Crippen LogP contribution in [0.3, 0.4) is 0 Å². The molecule has 0 unspecified atom stereocenters. The number of likely N-dealkylation sites (N-methyl/N-ethyl adjacent to an activating group) is 1. The lowest BCUT2D eigenvalue weighted by Gasteiger charge is -2.11. The lowest BCUT2D eigenvalue weighted by Crippen LogP contribution is -2.24. The number of aromatic nitrogens is 2. The van der Waals surface area contributed by atoms with Crippen molar-refractivity contribution >= 4 is 5.97 Å². The summed E-state index contributed by atoms with van der Waals surface area (Å²) < 4.78 is 38.9. The average molecular weight is 313 g/mol. The number of aliphatic carboxylic acids is 1. The Hall–Kier alpha value is -2.35. The first kappa shape index (κ1) is 16.0. The van der Waals surface area contributed by atoms with Crippen LogP contribution in [0.15, 0.2) is 36.7 Å². The van der Waals surface area contributed by atoms with Gasteiger partial charge in [0.25, 0.3) is 0 Å². The van der Waals surface area contributed by atoms with Gasteiger partial charge in [-0.25, -0.2) is 4.68 Å². The molecule has 0 radical (unpaired) electrons. The summed E-state index contributed by atoms with van der Waals surface area (Å²) in [5.74, 6) is -0.933. The zero-order valence-electron chi connectivity index (χ0n) is 11.7. The molecule has 0 saturated carbocycles. The van der Waals surface area contributed by atoms with Crippen molar-refractivity contribution in [3.05, 3.63) is 47.8 Å². The normalized spacial score (nSPS) is 11.9. The number of nitrogens with zero attached hydrogens (tertiary/aromatic N) is 3. The van der Waals surface area contributed by atoms with Gasteiger partial charge in [0.15, 0.2) is 0 Å². The van der Waals surface area contributed by atoms with Crippen molar-refractivity contribution in [3.8, 4) is 5.69 Å². The van der Waals surface area contributed by atoms with Crippen molar-refractivity contribution in [2.75, 3.05) is 13.6 Å². The molecule has 0 fully saturated rings. The zero-order chi connectivity index (χ0) is 16.3. The fraction of sp³-hybridized carbons (Fsp3) is 0.286. The van der Waals surface area contributed by atoms with Crippen molar-refractivity contribution in [2.24, 2.45) is 0 Å². The highest BCUT2D eigenvalue weighted by atomic mass is 19.4. The summed E-state index contributed by atoms with van der Waals surface area (Å²) in [5, 5.41) is 12.8. The molecule has 0 spiro atoms. The summed E-state index contributed by atoms with van der Waals surface area (Å²) in [7, 11) is 1.66. The Balaban J connectivity index is 2.09. The summed E-state index contributed by atoms with van der Waals surface area (Å²) in [6, 6.07) is 4.65. The summed E-state index contributed by atoms with van der Waals surface area (Å²) in [4.78, 5) is 12.2. The van der Waals surface area contributed by atoms with Gasteiger partial charge >= 0.3 is 12.1 Å². The Morgan fingerprint density at radius 1 is 1.32 bits per heavy atom. The van der Waals surface area contributed by atoms with Crippen LogP contribution in [0.5, 0.6) is 0 Å². The third-order valence-electron chi connectivity index (χ3n) is 2.95. The number of alkyl halides is 3.